The zero-order chi connectivity index (χ0) is 17.1. The van der Waals surface area contributed by atoms with Crippen LogP contribution in [0.5, 0.6) is 0 Å². The number of imidazole rings is 1. The van der Waals surface area contributed by atoms with Crippen LogP contribution in [-0.2, 0) is 4.79 Å². The molecule has 3 heterocycles. The van der Waals surface area contributed by atoms with Gasteiger partial charge in [-0.05, 0) is 19.1 Å². The summed E-state index contributed by atoms with van der Waals surface area (Å²) in [4.78, 5) is 47.7. The molecule has 3 amide bonds. The highest BCUT2D eigenvalue weighted by Crippen LogP contribution is 2.18. The summed E-state index contributed by atoms with van der Waals surface area (Å²) in [6, 6.07) is 3.63. The van der Waals surface area contributed by atoms with Gasteiger partial charge < -0.3 is 10.3 Å². The first-order valence-electron chi connectivity index (χ1n) is 7.28. The van der Waals surface area contributed by atoms with Crippen LogP contribution < -0.4 is 5.32 Å². The molecule has 0 radical (unpaired) electrons. The van der Waals surface area contributed by atoms with E-state index in [-0.39, 0.29) is 41.6 Å². The van der Waals surface area contributed by atoms with Crippen molar-refractivity contribution in [3.05, 3.63) is 35.9 Å². The molecular formula is C15H15N5O3S. The molecule has 0 saturated carbocycles. The minimum atomic E-state index is -0.356. The summed E-state index contributed by atoms with van der Waals surface area (Å²) < 4.78 is 0. The number of amides is 3. The average Bonchev–Trinajstić information content (AvgIpc) is 3.12. The summed E-state index contributed by atoms with van der Waals surface area (Å²) >= 11 is 0.974. The van der Waals surface area contributed by atoms with Gasteiger partial charge >= 0.3 is 0 Å². The molecule has 2 N–H and O–H groups in total. The van der Waals surface area contributed by atoms with Gasteiger partial charge in [0.25, 0.3) is 11.1 Å². The highest BCUT2D eigenvalue weighted by Gasteiger charge is 2.29. The van der Waals surface area contributed by atoms with Gasteiger partial charge in [0.2, 0.25) is 5.91 Å². The van der Waals surface area contributed by atoms with Gasteiger partial charge in [-0.15, -0.1) is 0 Å². The monoisotopic (exact) mass is 345 g/mol. The van der Waals surface area contributed by atoms with Gasteiger partial charge in [0.1, 0.15) is 11.5 Å². The van der Waals surface area contributed by atoms with Gasteiger partial charge in [-0.25, -0.2) is 4.98 Å². The SMILES string of the molecule is Cc1[nH]c(-c2cccnc2)nc1C(=O)NCCN1C(=O)CSC1=O. The Kier molecular flexibility index (Phi) is 4.61. The molecule has 1 fully saturated rings. The lowest BCUT2D eigenvalue weighted by atomic mass is 10.3. The normalized spacial score (nSPS) is 14.3. The van der Waals surface area contributed by atoms with Crippen LogP contribution >= 0.6 is 11.8 Å². The van der Waals surface area contributed by atoms with Crippen LogP contribution in [0.25, 0.3) is 11.4 Å². The van der Waals surface area contributed by atoms with Crippen molar-refractivity contribution >= 4 is 28.8 Å². The molecule has 0 aromatic carbocycles. The first kappa shape index (κ1) is 16.2. The van der Waals surface area contributed by atoms with Crippen LogP contribution in [0.4, 0.5) is 4.79 Å². The Labute approximate surface area is 142 Å². The van der Waals surface area contributed by atoms with Crippen molar-refractivity contribution in [1.29, 1.82) is 0 Å². The Hall–Kier alpha value is -2.68. The van der Waals surface area contributed by atoms with E-state index in [2.05, 4.69) is 20.3 Å². The van der Waals surface area contributed by atoms with Crippen molar-refractivity contribution in [2.24, 2.45) is 0 Å². The molecule has 1 aliphatic heterocycles. The number of carbonyl (C=O) groups is 3. The molecule has 3 rings (SSSR count). The maximum atomic E-state index is 12.2. The summed E-state index contributed by atoms with van der Waals surface area (Å²) in [6.07, 6.45) is 3.31. The quantitative estimate of drug-likeness (QED) is 0.843. The van der Waals surface area contributed by atoms with Crippen LogP contribution in [0.2, 0.25) is 0 Å². The Morgan fingerprint density at radius 1 is 1.46 bits per heavy atom. The minimum Gasteiger partial charge on any atom is -0.349 e. The van der Waals surface area contributed by atoms with Crippen LogP contribution in [0.15, 0.2) is 24.5 Å². The lowest BCUT2D eigenvalue weighted by Crippen LogP contribution is -2.37. The van der Waals surface area contributed by atoms with Crippen LogP contribution in [0.3, 0.4) is 0 Å². The lowest BCUT2D eigenvalue weighted by molar-refractivity contribution is -0.124. The van der Waals surface area contributed by atoms with Gasteiger partial charge in [-0.3, -0.25) is 24.3 Å². The molecule has 0 atom stereocenters. The molecule has 0 bridgehead atoms. The Bertz CT molecular complexity index is 774. The van der Waals surface area contributed by atoms with Crippen LogP contribution in [0, 0.1) is 6.92 Å². The average molecular weight is 345 g/mol. The zero-order valence-corrected chi connectivity index (χ0v) is 13.7. The van der Waals surface area contributed by atoms with E-state index in [0.29, 0.717) is 11.5 Å². The minimum absolute atomic E-state index is 0.162. The van der Waals surface area contributed by atoms with E-state index in [1.54, 1.807) is 25.4 Å². The Morgan fingerprint density at radius 3 is 2.96 bits per heavy atom. The third-order valence-electron chi connectivity index (χ3n) is 3.50. The maximum absolute atomic E-state index is 12.2. The Morgan fingerprint density at radius 2 is 2.29 bits per heavy atom. The Balaban J connectivity index is 1.62. The summed E-state index contributed by atoms with van der Waals surface area (Å²) in [5.74, 6) is 0.145. The second-order valence-electron chi connectivity index (χ2n) is 5.16. The van der Waals surface area contributed by atoms with Crippen molar-refractivity contribution in [3.63, 3.8) is 0 Å². The van der Waals surface area contributed by atoms with Crippen molar-refractivity contribution in [2.45, 2.75) is 6.92 Å². The van der Waals surface area contributed by atoms with Gasteiger partial charge in [0.15, 0.2) is 0 Å². The molecule has 0 aliphatic carbocycles. The highest BCUT2D eigenvalue weighted by atomic mass is 32.2. The molecule has 124 valence electrons. The van der Waals surface area contributed by atoms with Crippen LogP contribution in [-0.4, -0.2) is 55.7 Å². The van der Waals surface area contributed by atoms with E-state index in [1.165, 1.54) is 0 Å². The molecular weight excluding hydrogens is 330 g/mol. The predicted molar refractivity (Wildman–Crippen MR) is 88.5 cm³/mol. The van der Waals surface area contributed by atoms with Gasteiger partial charge in [-0.1, -0.05) is 11.8 Å². The molecule has 1 saturated heterocycles. The number of imide groups is 1. The zero-order valence-electron chi connectivity index (χ0n) is 12.9. The number of aromatic amines is 1. The molecule has 1 aliphatic rings. The summed E-state index contributed by atoms with van der Waals surface area (Å²) in [7, 11) is 0. The number of rotatable bonds is 5. The largest absolute Gasteiger partial charge is 0.349 e. The molecule has 0 unspecified atom stereocenters. The fourth-order valence-corrected chi connectivity index (χ4v) is 3.03. The van der Waals surface area contributed by atoms with E-state index in [4.69, 9.17) is 0 Å². The summed E-state index contributed by atoms with van der Waals surface area (Å²) in [6.45, 7) is 2.10. The van der Waals surface area contributed by atoms with E-state index >= 15 is 0 Å². The number of aryl methyl sites for hydroxylation is 1. The summed E-state index contributed by atoms with van der Waals surface area (Å²) in [5.41, 5.74) is 1.70. The number of hydrogen-bond donors (Lipinski definition) is 2. The van der Waals surface area contributed by atoms with Crippen LogP contribution in [0.1, 0.15) is 16.2 Å². The number of thioether (sulfide) groups is 1. The first-order chi connectivity index (χ1) is 11.6. The molecule has 2 aromatic heterocycles. The van der Waals surface area contributed by atoms with E-state index in [1.807, 2.05) is 6.07 Å². The van der Waals surface area contributed by atoms with Crippen molar-refractivity contribution in [3.8, 4) is 11.4 Å². The molecule has 24 heavy (non-hydrogen) atoms. The lowest BCUT2D eigenvalue weighted by Gasteiger charge is -2.12. The molecule has 9 heteroatoms. The smallest absolute Gasteiger partial charge is 0.288 e. The van der Waals surface area contributed by atoms with Gasteiger partial charge in [-0.2, -0.15) is 0 Å². The van der Waals surface area contributed by atoms with E-state index < -0.39 is 0 Å². The number of pyridine rings is 1. The molecule has 2 aromatic rings. The number of aromatic nitrogens is 3. The fourth-order valence-electron chi connectivity index (χ4n) is 2.28. The first-order valence-corrected chi connectivity index (χ1v) is 8.27. The van der Waals surface area contributed by atoms with Gasteiger partial charge in [0, 0.05) is 36.7 Å². The highest BCUT2D eigenvalue weighted by molar-refractivity contribution is 8.14. The maximum Gasteiger partial charge on any atom is 0.288 e. The number of nitrogens with one attached hydrogen (secondary N) is 2. The molecule has 8 nitrogen and oxygen atoms in total. The second kappa shape index (κ2) is 6.83. The number of carbonyl (C=O) groups excluding carboxylic acids is 3. The predicted octanol–water partition coefficient (Wildman–Crippen LogP) is 1.21. The summed E-state index contributed by atoms with van der Waals surface area (Å²) in [5, 5.41) is 2.41. The number of H-pyrrole nitrogens is 1. The second-order valence-corrected chi connectivity index (χ2v) is 6.08. The van der Waals surface area contributed by atoms with Crippen molar-refractivity contribution in [2.75, 3.05) is 18.8 Å². The fraction of sp³-hybridized carbons (Fsp3) is 0.267. The van der Waals surface area contributed by atoms with Gasteiger partial charge in [0.05, 0.1) is 5.75 Å². The standard InChI is InChI=1S/C15H15N5O3S/c1-9-12(19-13(18-9)10-3-2-4-16-7-10)14(22)17-5-6-20-11(21)8-24-15(20)23/h2-4,7H,5-6,8H2,1H3,(H,17,22)(H,18,19). The third-order valence-corrected chi connectivity index (χ3v) is 4.35. The van der Waals surface area contributed by atoms with E-state index in [9.17, 15) is 14.4 Å². The number of hydrogen-bond acceptors (Lipinski definition) is 6. The third kappa shape index (κ3) is 3.30. The topological polar surface area (TPSA) is 108 Å². The van der Waals surface area contributed by atoms with Crippen molar-refractivity contribution < 1.29 is 14.4 Å². The van der Waals surface area contributed by atoms with E-state index in [0.717, 1.165) is 22.2 Å². The van der Waals surface area contributed by atoms with Crippen molar-refractivity contribution in [1.82, 2.24) is 25.2 Å². The molecule has 0 spiro atoms. The number of nitrogens with zero attached hydrogens (tertiary/aromatic N) is 3.